The Balaban J connectivity index is 4.17. The van der Waals surface area contributed by atoms with Crippen LogP contribution in [0.2, 0.25) is 0 Å². The van der Waals surface area contributed by atoms with Crippen LogP contribution in [0.25, 0.3) is 0 Å². The first-order chi connectivity index (χ1) is 4.04. The molecule has 0 saturated heterocycles. The molecule has 0 spiro atoms. The molecular weight excluding hydrogens is 119 g/mol. The molecule has 0 aromatic rings. The van der Waals surface area contributed by atoms with Crippen LogP contribution in [-0.4, -0.2) is 11.7 Å². The topological polar surface area (TPSA) is 47.7 Å². The minimum atomic E-state index is -0.971. The van der Waals surface area contributed by atoms with Crippen molar-refractivity contribution in [1.82, 2.24) is 0 Å². The average Bonchev–Trinajstić information content (AvgIpc) is 1.63. The van der Waals surface area contributed by atoms with Crippen molar-refractivity contribution < 1.29 is 4.39 Å². The predicted octanol–water partition coefficient (Wildman–Crippen LogP) is 1.92. The number of allylic oxidation sites excluding steroid dienone is 2. The summed E-state index contributed by atoms with van der Waals surface area (Å²) < 4.78 is 11.9. The Labute approximate surface area is 53.4 Å². The van der Waals surface area contributed by atoms with Crippen LogP contribution in [0.15, 0.2) is 11.6 Å². The molecule has 0 aromatic carbocycles. The molecule has 9 heavy (non-hydrogen) atoms. The van der Waals surface area contributed by atoms with Gasteiger partial charge < -0.3 is 5.41 Å². The summed E-state index contributed by atoms with van der Waals surface area (Å²) in [5.41, 5.74) is 0.456. The molecule has 0 rings (SSSR count). The molecule has 0 aliphatic carbocycles. The van der Waals surface area contributed by atoms with Gasteiger partial charge in [-0.3, -0.25) is 5.41 Å². The number of hydrogen-bond acceptors (Lipinski definition) is 2. The molecule has 0 amide bonds. The molecule has 0 fully saturated rings. The molecule has 0 saturated carbocycles. The maximum Gasteiger partial charge on any atom is 0.208 e. The van der Waals surface area contributed by atoms with E-state index in [1.54, 1.807) is 0 Å². The van der Waals surface area contributed by atoms with Crippen LogP contribution < -0.4 is 0 Å². The molecule has 2 nitrogen and oxygen atoms in total. The normalized spacial score (nSPS) is 11.2. The van der Waals surface area contributed by atoms with Gasteiger partial charge in [0.25, 0.3) is 0 Å². The number of nitrogens with one attached hydrogen (secondary N) is 2. The first-order valence-electron chi connectivity index (χ1n) is 2.52. The Morgan fingerprint density at radius 3 is 1.89 bits per heavy atom. The van der Waals surface area contributed by atoms with Gasteiger partial charge in [-0.25, -0.2) is 0 Å². The second-order valence-corrected chi connectivity index (χ2v) is 1.82. The van der Waals surface area contributed by atoms with Gasteiger partial charge in [0.1, 0.15) is 0 Å². The lowest BCUT2D eigenvalue weighted by Crippen LogP contribution is -1.91. The van der Waals surface area contributed by atoms with E-state index in [-0.39, 0.29) is 11.3 Å². The molecule has 0 unspecified atom stereocenters. The summed E-state index contributed by atoms with van der Waals surface area (Å²) in [5, 5.41) is 13.3. The van der Waals surface area contributed by atoms with Crippen molar-refractivity contribution >= 4 is 11.7 Å². The highest BCUT2D eigenvalue weighted by Gasteiger charge is 1.94. The van der Waals surface area contributed by atoms with E-state index in [2.05, 4.69) is 0 Å². The number of halogens is 1. The monoisotopic (exact) mass is 128 g/mol. The fourth-order valence-corrected chi connectivity index (χ4v) is 0.388. The van der Waals surface area contributed by atoms with Gasteiger partial charge in [0.2, 0.25) is 5.97 Å². The summed E-state index contributed by atoms with van der Waals surface area (Å²) in [6.45, 7) is 2.99. The van der Waals surface area contributed by atoms with E-state index in [0.29, 0.717) is 0 Å². The zero-order valence-electron chi connectivity index (χ0n) is 5.46. The average molecular weight is 128 g/mol. The molecule has 3 heteroatoms. The van der Waals surface area contributed by atoms with Gasteiger partial charge >= 0.3 is 0 Å². The third-order valence-corrected chi connectivity index (χ3v) is 0.779. The Kier molecular flexibility index (Phi) is 2.78. The van der Waals surface area contributed by atoms with Crippen LogP contribution in [0.4, 0.5) is 4.39 Å². The van der Waals surface area contributed by atoms with Gasteiger partial charge in [0.05, 0.1) is 0 Å². The van der Waals surface area contributed by atoms with Gasteiger partial charge in [0.15, 0.2) is 0 Å². The second-order valence-electron chi connectivity index (χ2n) is 1.82. The predicted molar refractivity (Wildman–Crippen MR) is 36.0 cm³/mol. The van der Waals surface area contributed by atoms with Gasteiger partial charge in [-0.2, -0.15) is 4.39 Å². The van der Waals surface area contributed by atoms with Crippen LogP contribution in [0.3, 0.4) is 0 Å². The number of hydrogen-bond donors (Lipinski definition) is 2. The molecule has 2 N–H and O–H groups in total. The van der Waals surface area contributed by atoms with Gasteiger partial charge in [0, 0.05) is 11.3 Å². The fourth-order valence-electron chi connectivity index (χ4n) is 0.388. The summed E-state index contributed by atoms with van der Waals surface area (Å²) in [6, 6.07) is 0. The first kappa shape index (κ1) is 8.01. The zero-order chi connectivity index (χ0) is 7.44. The van der Waals surface area contributed by atoms with Crippen molar-refractivity contribution in [3.05, 3.63) is 11.6 Å². The van der Waals surface area contributed by atoms with Crippen LogP contribution >= 0.6 is 0 Å². The van der Waals surface area contributed by atoms with E-state index in [0.717, 1.165) is 0 Å². The van der Waals surface area contributed by atoms with Crippen molar-refractivity contribution in [2.45, 2.75) is 13.8 Å². The highest BCUT2D eigenvalue weighted by Crippen LogP contribution is 1.95. The van der Waals surface area contributed by atoms with E-state index in [1.807, 2.05) is 0 Å². The van der Waals surface area contributed by atoms with Crippen LogP contribution in [-0.2, 0) is 0 Å². The van der Waals surface area contributed by atoms with E-state index in [4.69, 9.17) is 10.8 Å². The standard InChI is InChI=1S/C6H9FN2/c1-4(6(7)9)3-5(2)8/h3,8-9H,1-2H3/b4-3-,8-5?,9-6?. The molecule has 0 aliphatic rings. The lowest BCUT2D eigenvalue weighted by Gasteiger charge is -1.89. The lowest BCUT2D eigenvalue weighted by atomic mass is 10.2. The van der Waals surface area contributed by atoms with E-state index < -0.39 is 5.97 Å². The molecule has 0 aliphatic heterocycles. The minimum Gasteiger partial charge on any atom is -0.306 e. The van der Waals surface area contributed by atoms with Crippen molar-refractivity contribution in [2.24, 2.45) is 0 Å². The Hall–Kier alpha value is -0.990. The summed E-state index contributed by atoms with van der Waals surface area (Å²) in [6.07, 6.45) is 1.31. The van der Waals surface area contributed by atoms with Crippen LogP contribution in [0.5, 0.6) is 0 Å². The Bertz CT molecular complexity index is 170. The SMILES string of the molecule is CC(=N)/C=C(/C)C(=N)F. The molecule has 50 valence electrons. The lowest BCUT2D eigenvalue weighted by molar-refractivity contribution is 0.794. The molecule has 0 atom stereocenters. The summed E-state index contributed by atoms with van der Waals surface area (Å²) >= 11 is 0. The Morgan fingerprint density at radius 2 is 1.78 bits per heavy atom. The zero-order valence-corrected chi connectivity index (χ0v) is 5.46. The third-order valence-electron chi connectivity index (χ3n) is 0.779. The van der Waals surface area contributed by atoms with Gasteiger partial charge in [-0.1, -0.05) is 0 Å². The molecule has 0 bridgehead atoms. The summed E-state index contributed by atoms with van der Waals surface area (Å²) in [5.74, 6) is -0.971. The van der Waals surface area contributed by atoms with Crippen molar-refractivity contribution in [3.63, 3.8) is 0 Å². The van der Waals surface area contributed by atoms with Crippen molar-refractivity contribution in [1.29, 1.82) is 10.8 Å². The van der Waals surface area contributed by atoms with E-state index in [9.17, 15) is 4.39 Å². The largest absolute Gasteiger partial charge is 0.306 e. The molecule has 0 radical (unpaired) electrons. The fraction of sp³-hybridized carbons (Fsp3) is 0.333. The highest BCUT2D eigenvalue weighted by atomic mass is 19.1. The van der Waals surface area contributed by atoms with Gasteiger partial charge in [-0.05, 0) is 19.9 Å². The molecular formula is C6H9FN2. The van der Waals surface area contributed by atoms with Gasteiger partial charge in [-0.15, -0.1) is 0 Å². The summed E-state index contributed by atoms with van der Waals surface area (Å²) in [4.78, 5) is 0. The van der Waals surface area contributed by atoms with Crippen LogP contribution in [0.1, 0.15) is 13.8 Å². The molecule has 0 aromatic heterocycles. The Morgan fingerprint density at radius 1 is 1.33 bits per heavy atom. The minimum absolute atomic E-state index is 0.197. The maximum atomic E-state index is 11.9. The van der Waals surface area contributed by atoms with E-state index >= 15 is 0 Å². The first-order valence-corrected chi connectivity index (χ1v) is 2.52. The maximum absolute atomic E-state index is 11.9. The smallest absolute Gasteiger partial charge is 0.208 e. The molecule has 0 heterocycles. The third kappa shape index (κ3) is 3.58. The van der Waals surface area contributed by atoms with Crippen molar-refractivity contribution in [2.75, 3.05) is 0 Å². The quantitative estimate of drug-likeness (QED) is 0.534. The number of rotatable bonds is 2. The van der Waals surface area contributed by atoms with E-state index in [1.165, 1.54) is 19.9 Å². The highest BCUT2D eigenvalue weighted by molar-refractivity contribution is 5.99. The summed E-state index contributed by atoms with van der Waals surface area (Å²) in [7, 11) is 0. The second kappa shape index (κ2) is 3.12. The van der Waals surface area contributed by atoms with Crippen molar-refractivity contribution in [3.8, 4) is 0 Å². The van der Waals surface area contributed by atoms with Crippen LogP contribution in [0, 0.1) is 10.8 Å².